The molecule has 1 aliphatic heterocycles. The summed E-state index contributed by atoms with van der Waals surface area (Å²) in [7, 11) is -4.26. The summed E-state index contributed by atoms with van der Waals surface area (Å²) in [5.74, 6) is -0.265. The highest BCUT2D eigenvalue weighted by atomic mass is 32.2. The molecule has 1 aromatic rings. The normalized spacial score (nSPS) is 16.6. The molecule has 1 aliphatic rings. The van der Waals surface area contributed by atoms with Gasteiger partial charge in [-0.2, -0.15) is 8.42 Å². The van der Waals surface area contributed by atoms with Crippen molar-refractivity contribution >= 4 is 38.7 Å². The Morgan fingerprint density at radius 1 is 1.18 bits per heavy atom. The summed E-state index contributed by atoms with van der Waals surface area (Å²) in [5.41, 5.74) is 0.289. The summed E-state index contributed by atoms with van der Waals surface area (Å²) in [4.78, 5) is 23.4. The number of anilines is 1. The molecule has 0 aromatic heterocycles. The van der Waals surface area contributed by atoms with Crippen molar-refractivity contribution in [3.05, 3.63) is 24.3 Å². The van der Waals surface area contributed by atoms with Crippen LogP contribution < -0.4 is 4.90 Å². The van der Waals surface area contributed by atoms with Gasteiger partial charge in [0.05, 0.1) is 16.3 Å². The highest BCUT2D eigenvalue weighted by molar-refractivity contribution is 8.15. The number of benzene rings is 1. The van der Waals surface area contributed by atoms with E-state index in [0.717, 1.165) is 28.8 Å². The van der Waals surface area contributed by atoms with Gasteiger partial charge in [0, 0.05) is 0 Å². The second-order valence-corrected chi connectivity index (χ2v) is 5.60. The molecule has 0 radical (unpaired) electrons. The minimum absolute atomic E-state index is 0.0822. The van der Waals surface area contributed by atoms with Crippen LogP contribution in [0, 0.1) is 0 Å². The number of amides is 2. The zero-order valence-electron chi connectivity index (χ0n) is 8.36. The molecule has 1 aromatic carbocycles. The van der Waals surface area contributed by atoms with Crippen LogP contribution in [0.5, 0.6) is 0 Å². The summed E-state index contributed by atoms with van der Waals surface area (Å²) < 4.78 is 30.4. The SMILES string of the molecule is O=C1CSC(=O)N1c1ccc(S(=O)(=O)O)cc1. The van der Waals surface area contributed by atoms with E-state index in [-0.39, 0.29) is 22.2 Å². The van der Waals surface area contributed by atoms with Gasteiger partial charge in [-0.3, -0.25) is 14.1 Å². The maximum Gasteiger partial charge on any atom is 0.294 e. The van der Waals surface area contributed by atoms with E-state index >= 15 is 0 Å². The van der Waals surface area contributed by atoms with E-state index in [9.17, 15) is 18.0 Å². The minimum Gasteiger partial charge on any atom is -0.282 e. The monoisotopic (exact) mass is 273 g/mol. The van der Waals surface area contributed by atoms with Crippen LogP contribution in [0.1, 0.15) is 0 Å². The van der Waals surface area contributed by atoms with Gasteiger partial charge in [-0.05, 0) is 24.3 Å². The van der Waals surface area contributed by atoms with Gasteiger partial charge in [0.15, 0.2) is 0 Å². The molecule has 2 rings (SSSR count). The van der Waals surface area contributed by atoms with Crippen molar-refractivity contribution in [2.24, 2.45) is 0 Å². The van der Waals surface area contributed by atoms with Gasteiger partial charge in [0.25, 0.3) is 15.4 Å². The number of rotatable bonds is 2. The van der Waals surface area contributed by atoms with Crippen LogP contribution in [0.3, 0.4) is 0 Å². The topological polar surface area (TPSA) is 91.8 Å². The molecule has 0 aliphatic carbocycles. The first-order valence-corrected chi connectivity index (χ1v) is 6.89. The molecule has 1 N–H and O–H groups in total. The first-order chi connectivity index (χ1) is 7.89. The lowest BCUT2D eigenvalue weighted by atomic mass is 10.3. The molecular weight excluding hydrogens is 266 g/mol. The van der Waals surface area contributed by atoms with Crippen LogP contribution in [0.15, 0.2) is 29.2 Å². The quantitative estimate of drug-likeness (QED) is 0.812. The van der Waals surface area contributed by atoms with Gasteiger partial charge in [-0.15, -0.1) is 0 Å². The molecule has 90 valence electrons. The first-order valence-electron chi connectivity index (χ1n) is 4.47. The third-order valence-corrected chi connectivity index (χ3v) is 3.83. The first kappa shape index (κ1) is 12.1. The Hall–Kier alpha value is -1.38. The molecular formula is C9H7NO5S2. The fourth-order valence-electron chi connectivity index (χ4n) is 1.37. The Labute approximate surface area is 101 Å². The van der Waals surface area contributed by atoms with Crippen LogP contribution in [0.25, 0.3) is 0 Å². The van der Waals surface area contributed by atoms with Crippen molar-refractivity contribution in [3.8, 4) is 0 Å². The lowest BCUT2D eigenvalue weighted by Gasteiger charge is -2.12. The number of imide groups is 1. The molecule has 0 bridgehead atoms. The number of thioether (sulfide) groups is 1. The summed E-state index contributed by atoms with van der Waals surface area (Å²) in [6.07, 6.45) is 0. The van der Waals surface area contributed by atoms with Gasteiger partial charge in [-0.25, -0.2) is 4.90 Å². The summed E-state index contributed by atoms with van der Waals surface area (Å²) in [6, 6.07) is 4.86. The highest BCUT2D eigenvalue weighted by Crippen LogP contribution is 2.27. The average Bonchev–Trinajstić information content (AvgIpc) is 2.58. The zero-order valence-corrected chi connectivity index (χ0v) is 9.99. The zero-order chi connectivity index (χ0) is 12.6. The van der Waals surface area contributed by atoms with Crippen LogP contribution in [0.2, 0.25) is 0 Å². The van der Waals surface area contributed by atoms with E-state index in [0.29, 0.717) is 0 Å². The average molecular weight is 273 g/mol. The second kappa shape index (κ2) is 4.13. The Kier molecular flexibility index (Phi) is 2.94. The molecule has 0 unspecified atom stereocenters. The fourth-order valence-corrected chi connectivity index (χ4v) is 2.56. The van der Waals surface area contributed by atoms with Crippen molar-refractivity contribution in [2.45, 2.75) is 4.90 Å². The Morgan fingerprint density at radius 2 is 1.76 bits per heavy atom. The van der Waals surface area contributed by atoms with Crippen molar-refractivity contribution in [1.82, 2.24) is 0 Å². The molecule has 2 amide bonds. The lowest BCUT2D eigenvalue weighted by molar-refractivity contribution is -0.115. The minimum atomic E-state index is -4.26. The highest BCUT2D eigenvalue weighted by Gasteiger charge is 2.31. The van der Waals surface area contributed by atoms with Crippen LogP contribution in [0.4, 0.5) is 10.5 Å². The van der Waals surface area contributed by atoms with Gasteiger partial charge in [0.2, 0.25) is 5.91 Å². The van der Waals surface area contributed by atoms with Crippen LogP contribution in [-0.2, 0) is 14.9 Å². The van der Waals surface area contributed by atoms with E-state index in [4.69, 9.17) is 4.55 Å². The molecule has 1 fully saturated rings. The third-order valence-electron chi connectivity index (χ3n) is 2.14. The molecule has 1 heterocycles. The van der Waals surface area contributed by atoms with E-state index in [1.54, 1.807) is 0 Å². The fraction of sp³-hybridized carbons (Fsp3) is 0.111. The molecule has 0 saturated carbocycles. The van der Waals surface area contributed by atoms with E-state index in [1.807, 2.05) is 0 Å². The molecule has 6 nitrogen and oxygen atoms in total. The van der Waals surface area contributed by atoms with Crippen molar-refractivity contribution < 1.29 is 22.6 Å². The number of carbonyl (C=O) groups excluding carboxylic acids is 2. The summed E-state index contributed by atoms with van der Waals surface area (Å²) in [5, 5.41) is -0.394. The maximum atomic E-state index is 11.4. The third kappa shape index (κ3) is 2.33. The number of nitrogens with zero attached hydrogens (tertiary/aromatic N) is 1. The Balaban J connectivity index is 2.36. The van der Waals surface area contributed by atoms with Crippen molar-refractivity contribution in [3.63, 3.8) is 0 Å². The predicted molar refractivity (Wildman–Crippen MR) is 61.6 cm³/mol. The van der Waals surface area contributed by atoms with E-state index in [2.05, 4.69) is 0 Å². The number of hydrogen-bond donors (Lipinski definition) is 1. The molecule has 17 heavy (non-hydrogen) atoms. The van der Waals surface area contributed by atoms with Gasteiger partial charge in [0.1, 0.15) is 0 Å². The van der Waals surface area contributed by atoms with E-state index in [1.165, 1.54) is 12.1 Å². The lowest BCUT2D eigenvalue weighted by Crippen LogP contribution is -2.27. The Bertz CT molecular complexity index is 562. The van der Waals surface area contributed by atoms with Crippen molar-refractivity contribution in [2.75, 3.05) is 10.7 Å². The molecule has 0 spiro atoms. The summed E-state index contributed by atoms with van der Waals surface area (Å²) >= 11 is 0.888. The van der Waals surface area contributed by atoms with Crippen LogP contribution >= 0.6 is 11.8 Å². The summed E-state index contributed by atoms with van der Waals surface area (Å²) in [6.45, 7) is 0. The largest absolute Gasteiger partial charge is 0.294 e. The van der Waals surface area contributed by atoms with Crippen molar-refractivity contribution in [1.29, 1.82) is 0 Å². The van der Waals surface area contributed by atoms with Crippen LogP contribution in [-0.4, -0.2) is 29.9 Å². The molecule has 0 atom stereocenters. The van der Waals surface area contributed by atoms with Gasteiger partial charge < -0.3 is 0 Å². The predicted octanol–water partition coefficient (Wildman–Crippen LogP) is 1.13. The number of carbonyl (C=O) groups is 2. The standard InChI is InChI=1S/C9H7NO5S2/c11-8-5-16-9(12)10(8)6-1-3-7(4-2-6)17(13,14)15/h1-4H,5H2,(H,13,14,15). The van der Waals surface area contributed by atoms with E-state index < -0.39 is 15.4 Å². The van der Waals surface area contributed by atoms with Gasteiger partial charge >= 0.3 is 0 Å². The molecule has 8 heteroatoms. The van der Waals surface area contributed by atoms with Gasteiger partial charge in [-0.1, -0.05) is 11.8 Å². The second-order valence-electron chi connectivity index (χ2n) is 3.25. The maximum absolute atomic E-state index is 11.4. The molecule has 1 saturated heterocycles. The smallest absolute Gasteiger partial charge is 0.282 e. The Morgan fingerprint density at radius 3 is 2.18 bits per heavy atom. The number of hydrogen-bond acceptors (Lipinski definition) is 5.